The SMILES string of the molecule is Cn1c(CNC(=O)c2cc3ccccc3o2)nc(-c2ccncn2)cc1=O. The molecule has 1 N–H and O–H groups in total. The lowest BCUT2D eigenvalue weighted by Crippen LogP contribution is -2.29. The lowest BCUT2D eigenvalue weighted by Gasteiger charge is -2.09. The molecule has 1 amide bonds. The molecule has 0 atom stereocenters. The van der Waals surface area contributed by atoms with E-state index in [4.69, 9.17) is 4.42 Å². The van der Waals surface area contributed by atoms with Crippen molar-refractivity contribution in [3.63, 3.8) is 0 Å². The van der Waals surface area contributed by atoms with Crippen LogP contribution >= 0.6 is 0 Å². The zero-order chi connectivity index (χ0) is 18.8. The lowest BCUT2D eigenvalue weighted by atomic mass is 10.2. The molecule has 0 saturated heterocycles. The summed E-state index contributed by atoms with van der Waals surface area (Å²) < 4.78 is 6.93. The summed E-state index contributed by atoms with van der Waals surface area (Å²) in [7, 11) is 1.60. The summed E-state index contributed by atoms with van der Waals surface area (Å²) >= 11 is 0. The van der Waals surface area contributed by atoms with E-state index in [1.807, 2.05) is 18.2 Å². The van der Waals surface area contributed by atoms with Crippen LogP contribution in [-0.2, 0) is 13.6 Å². The number of fused-ring (bicyclic) bond motifs is 1. The number of furan rings is 1. The van der Waals surface area contributed by atoms with Crippen molar-refractivity contribution < 1.29 is 9.21 Å². The number of nitrogens with one attached hydrogen (secondary N) is 1. The molecule has 1 aromatic carbocycles. The molecule has 0 radical (unpaired) electrons. The summed E-state index contributed by atoms with van der Waals surface area (Å²) in [5.74, 6) is 0.224. The third kappa shape index (κ3) is 3.32. The van der Waals surface area contributed by atoms with E-state index in [0.717, 1.165) is 5.39 Å². The number of rotatable bonds is 4. The van der Waals surface area contributed by atoms with Gasteiger partial charge in [-0.25, -0.2) is 15.0 Å². The number of benzene rings is 1. The molecule has 8 nitrogen and oxygen atoms in total. The van der Waals surface area contributed by atoms with Crippen LogP contribution in [0.5, 0.6) is 0 Å². The average molecular weight is 361 g/mol. The molecular weight excluding hydrogens is 346 g/mol. The van der Waals surface area contributed by atoms with Crippen molar-refractivity contribution in [3.05, 3.63) is 76.9 Å². The van der Waals surface area contributed by atoms with Gasteiger partial charge >= 0.3 is 0 Å². The zero-order valence-corrected chi connectivity index (χ0v) is 14.4. The Morgan fingerprint density at radius 3 is 2.81 bits per heavy atom. The third-order valence-corrected chi connectivity index (χ3v) is 4.13. The van der Waals surface area contributed by atoms with Gasteiger partial charge in [-0.1, -0.05) is 18.2 Å². The monoisotopic (exact) mass is 361 g/mol. The van der Waals surface area contributed by atoms with Crippen molar-refractivity contribution in [2.75, 3.05) is 0 Å². The fraction of sp³-hybridized carbons (Fsp3) is 0.105. The summed E-state index contributed by atoms with van der Waals surface area (Å²) in [4.78, 5) is 37.0. The van der Waals surface area contributed by atoms with Gasteiger partial charge in [-0.15, -0.1) is 0 Å². The molecule has 134 valence electrons. The minimum atomic E-state index is -0.382. The largest absolute Gasteiger partial charge is 0.451 e. The molecule has 3 aromatic heterocycles. The highest BCUT2D eigenvalue weighted by molar-refractivity contribution is 5.95. The topological polar surface area (TPSA) is 103 Å². The van der Waals surface area contributed by atoms with Gasteiger partial charge in [0.05, 0.1) is 17.9 Å². The first-order chi connectivity index (χ1) is 13.1. The number of para-hydroxylation sites is 1. The number of hydrogen-bond donors (Lipinski definition) is 1. The van der Waals surface area contributed by atoms with Crippen molar-refractivity contribution >= 4 is 16.9 Å². The Morgan fingerprint density at radius 1 is 1.19 bits per heavy atom. The zero-order valence-electron chi connectivity index (χ0n) is 14.4. The maximum absolute atomic E-state index is 12.4. The Kier molecular flexibility index (Phi) is 4.21. The second-order valence-corrected chi connectivity index (χ2v) is 5.88. The van der Waals surface area contributed by atoms with Crippen molar-refractivity contribution in [2.24, 2.45) is 7.05 Å². The summed E-state index contributed by atoms with van der Waals surface area (Å²) in [5.41, 5.74) is 1.35. The van der Waals surface area contributed by atoms with Gasteiger partial charge < -0.3 is 9.73 Å². The van der Waals surface area contributed by atoms with E-state index in [1.54, 1.807) is 31.4 Å². The van der Waals surface area contributed by atoms with E-state index in [9.17, 15) is 9.59 Å². The van der Waals surface area contributed by atoms with Gasteiger partial charge in [0.25, 0.3) is 11.5 Å². The fourth-order valence-corrected chi connectivity index (χ4v) is 2.66. The predicted octanol–water partition coefficient (Wildman–Crippen LogP) is 1.91. The van der Waals surface area contributed by atoms with Gasteiger partial charge in [0, 0.05) is 24.7 Å². The van der Waals surface area contributed by atoms with Crippen LogP contribution in [0.2, 0.25) is 0 Å². The van der Waals surface area contributed by atoms with E-state index < -0.39 is 0 Å². The highest BCUT2D eigenvalue weighted by atomic mass is 16.3. The molecule has 0 aliphatic heterocycles. The second-order valence-electron chi connectivity index (χ2n) is 5.88. The molecule has 27 heavy (non-hydrogen) atoms. The quantitative estimate of drug-likeness (QED) is 0.596. The van der Waals surface area contributed by atoms with E-state index in [2.05, 4.69) is 20.3 Å². The van der Waals surface area contributed by atoms with E-state index in [1.165, 1.54) is 17.0 Å². The molecule has 0 saturated carbocycles. The van der Waals surface area contributed by atoms with Crippen molar-refractivity contribution in [1.29, 1.82) is 0 Å². The Balaban J connectivity index is 1.58. The maximum atomic E-state index is 12.4. The van der Waals surface area contributed by atoms with Gasteiger partial charge in [0.2, 0.25) is 0 Å². The first-order valence-electron chi connectivity index (χ1n) is 8.22. The van der Waals surface area contributed by atoms with Crippen molar-refractivity contribution in [1.82, 2.24) is 24.8 Å². The van der Waals surface area contributed by atoms with Crippen LogP contribution in [0.4, 0.5) is 0 Å². The van der Waals surface area contributed by atoms with Gasteiger partial charge in [0.1, 0.15) is 17.7 Å². The maximum Gasteiger partial charge on any atom is 0.287 e. The highest BCUT2D eigenvalue weighted by Crippen LogP contribution is 2.18. The molecule has 8 heteroatoms. The molecule has 0 aliphatic rings. The predicted molar refractivity (Wildman–Crippen MR) is 97.9 cm³/mol. The number of carbonyl (C=O) groups excluding carboxylic acids is 1. The molecule has 0 unspecified atom stereocenters. The molecule has 0 spiro atoms. The van der Waals surface area contributed by atoms with Gasteiger partial charge in [-0.2, -0.15) is 0 Å². The smallest absolute Gasteiger partial charge is 0.287 e. The Hall–Kier alpha value is -3.81. The van der Waals surface area contributed by atoms with Gasteiger partial charge in [-0.3, -0.25) is 14.2 Å². The number of aromatic nitrogens is 4. The first-order valence-corrected chi connectivity index (χ1v) is 8.22. The number of carbonyl (C=O) groups is 1. The Morgan fingerprint density at radius 2 is 2.04 bits per heavy atom. The minimum absolute atomic E-state index is 0.0700. The van der Waals surface area contributed by atoms with Crippen LogP contribution in [0.1, 0.15) is 16.4 Å². The molecule has 3 heterocycles. The molecule has 4 rings (SSSR count). The van der Waals surface area contributed by atoms with E-state index in [0.29, 0.717) is 22.8 Å². The van der Waals surface area contributed by atoms with Crippen molar-refractivity contribution in [2.45, 2.75) is 6.54 Å². The first kappa shape index (κ1) is 16.6. The number of hydrogen-bond acceptors (Lipinski definition) is 6. The fourth-order valence-electron chi connectivity index (χ4n) is 2.66. The number of amides is 1. The standard InChI is InChI=1S/C19H15N5O3/c1-24-17(23-14(9-18(24)25)13-6-7-20-11-22-13)10-21-19(26)16-8-12-4-2-3-5-15(12)27-16/h2-9,11H,10H2,1H3,(H,21,26). The van der Waals surface area contributed by atoms with Crippen molar-refractivity contribution in [3.8, 4) is 11.4 Å². The summed E-state index contributed by atoms with van der Waals surface area (Å²) in [6, 6.07) is 12.1. The van der Waals surface area contributed by atoms with Crippen LogP contribution in [0, 0.1) is 0 Å². The van der Waals surface area contributed by atoms with Gasteiger partial charge in [0.15, 0.2) is 5.76 Å². The van der Waals surface area contributed by atoms with Crippen LogP contribution < -0.4 is 10.9 Å². The summed E-state index contributed by atoms with van der Waals surface area (Å²) in [6.07, 6.45) is 2.96. The molecule has 0 fully saturated rings. The van der Waals surface area contributed by atoms with Gasteiger partial charge in [-0.05, 0) is 18.2 Å². The molecule has 0 bridgehead atoms. The normalized spacial score (nSPS) is 10.9. The Bertz CT molecular complexity index is 1150. The molecule has 0 aliphatic carbocycles. The summed E-state index contributed by atoms with van der Waals surface area (Å²) in [5, 5.41) is 3.58. The Labute approximate surface area is 153 Å². The molecular formula is C19H15N5O3. The van der Waals surface area contributed by atoms with E-state index >= 15 is 0 Å². The lowest BCUT2D eigenvalue weighted by molar-refractivity contribution is 0.0924. The van der Waals surface area contributed by atoms with Crippen LogP contribution in [0.3, 0.4) is 0 Å². The summed E-state index contributed by atoms with van der Waals surface area (Å²) in [6.45, 7) is 0.0700. The van der Waals surface area contributed by atoms with Crippen LogP contribution in [0.25, 0.3) is 22.4 Å². The van der Waals surface area contributed by atoms with Crippen LogP contribution in [0.15, 0.2) is 64.2 Å². The minimum Gasteiger partial charge on any atom is -0.451 e. The van der Waals surface area contributed by atoms with Crippen LogP contribution in [-0.4, -0.2) is 25.4 Å². The highest BCUT2D eigenvalue weighted by Gasteiger charge is 2.14. The second kappa shape index (κ2) is 6.83. The number of nitrogens with zero attached hydrogens (tertiary/aromatic N) is 4. The van der Waals surface area contributed by atoms with E-state index in [-0.39, 0.29) is 23.8 Å². The third-order valence-electron chi connectivity index (χ3n) is 4.13. The average Bonchev–Trinajstić information content (AvgIpc) is 3.14. The molecule has 4 aromatic rings.